The molecule has 0 spiro atoms. The van der Waals surface area contributed by atoms with Gasteiger partial charge in [0.05, 0.1) is 25.2 Å². The van der Waals surface area contributed by atoms with Crippen LogP contribution in [-0.4, -0.2) is 58.5 Å². The SMILES string of the molecule is COc1nn(C)c2nc(C)c(CCC(=O)N3CCOC(C)C3)c(C)c12. The van der Waals surface area contributed by atoms with Crippen molar-refractivity contribution in [3.05, 3.63) is 16.8 Å². The first-order valence-corrected chi connectivity index (χ1v) is 8.68. The van der Waals surface area contributed by atoms with Crippen molar-refractivity contribution >= 4 is 16.9 Å². The minimum Gasteiger partial charge on any atom is -0.479 e. The molecule has 7 nitrogen and oxygen atoms in total. The summed E-state index contributed by atoms with van der Waals surface area (Å²) in [7, 11) is 3.48. The minimum atomic E-state index is 0.110. The van der Waals surface area contributed by atoms with E-state index in [-0.39, 0.29) is 12.0 Å². The lowest BCUT2D eigenvalue weighted by Crippen LogP contribution is -2.44. The van der Waals surface area contributed by atoms with Crippen LogP contribution in [0.25, 0.3) is 11.0 Å². The molecular formula is C18H26N4O3. The number of aryl methyl sites for hydroxylation is 3. The summed E-state index contributed by atoms with van der Waals surface area (Å²) in [5, 5.41) is 5.30. The highest BCUT2D eigenvalue weighted by atomic mass is 16.5. The zero-order chi connectivity index (χ0) is 18.1. The van der Waals surface area contributed by atoms with Crippen molar-refractivity contribution in [3.63, 3.8) is 0 Å². The number of methoxy groups -OCH3 is 1. The predicted octanol–water partition coefficient (Wildman–Crippen LogP) is 1.77. The maximum absolute atomic E-state index is 12.5. The highest BCUT2D eigenvalue weighted by Crippen LogP contribution is 2.30. The molecule has 0 aromatic carbocycles. The van der Waals surface area contributed by atoms with Gasteiger partial charge in [0.2, 0.25) is 11.8 Å². The van der Waals surface area contributed by atoms with Crippen LogP contribution in [0.15, 0.2) is 0 Å². The molecule has 7 heteroatoms. The molecule has 1 atom stereocenters. The normalized spacial score (nSPS) is 18.0. The van der Waals surface area contributed by atoms with Gasteiger partial charge in [0.25, 0.3) is 0 Å². The number of rotatable bonds is 4. The maximum atomic E-state index is 12.5. The smallest absolute Gasteiger partial charge is 0.242 e. The Hall–Kier alpha value is -2.15. The molecule has 1 amide bonds. The van der Waals surface area contributed by atoms with Crippen molar-refractivity contribution in [3.8, 4) is 5.88 Å². The standard InChI is InChI=1S/C18H26N4O3/c1-11-10-22(8-9-25-11)15(23)7-6-14-12(2)16-17(19-13(14)3)21(4)20-18(16)24-5/h11H,6-10H2,1-5H3. The lowest BCUT2D eigenvalue weighted by molar-refractivity contribution is -0.138. The summed E-state index contributed by atoms with van der Waals surface area (Å²) in [6.07, 6.45) is 1.26. The second-order valence-corrected chi connectivity index (χ2v) is 6.65. The number of morpholine rings is 1. The summed E-state index contributed by atoms with van der Waals surface area (Å²) in [6, 6.07) is 0. The van der Waals surface area contributed by atoms with Crippen LogP contribution in [-0.2, 0) is 23.0 Å². The van der Waals surface area contributed by atoms with Crippen LogP contribution in [0.5, 0.6) is 5.88 Å². The third-order valence-corrected chi connectivity index (χ3v) is 4.90. The van der Waals surface area contributed by atoms with Crippen LogP contribution in [0.4, 0.5) is 0 Å². The van der Waals surface area contributed by atoms with Gasteiger partial charge in [-0.1, -0.05) is 0 Å². The summed E-state index contributed by atoms with van der Waals surface area (Å²) in [5.74, 6) is 0.754. The number of ether oxygens (including phenoxy) is 2. The van der Waals surface area contributed by atoms with E-state index in [0.717, 1.165) is 27.9 Å². The third kappa shape index (κ3) is 3.33. The number of fused-ring (bicyclic) bond motifs is 1. The van der Waals surface area contributed by atoms with E-state index >= 15 is 0 Å². The Kier molecular flexibility index (Phi) is 4.94. The molecule has 2 aromatic heterocycles. The second kappa shape index (κ2) is 7.00. The summed E-state index contributed by atoms with van der Waals surface area (Å²) in [6.45, 7) is 8.01. The summed E-state index contributed by atoms with van der Waals surface area (Å²) in [4.78, 5) is 19.1. The third-order valence-electron chi connectivity index (χ3n) is 4.90. The fraction of sp³-hybridized carbons (Fsp3) is 0.611. The summed E-state index contributed by atoms with van der Waals surface area (Å²) < 4.78 is 12.6. The van der Waals surface area contributed by atoms with E-state index in [1.165, 1.54) is 0 Å². The number of carbonyl (C=O) groups excluding carboxylic acids is 1. The molecule has 3 rings (SSSR count). The molecule has 0 bridgehead atoms. The summed E-state index contributed by atoms with van der Waals surface area (Å²) >= 11 is 0. The molecule has 0 N–H and O–H groups in total. The first kappa shape index (κ1) is 17.7. The van der Waals surface area contributed by atoms with Crippen LogP contribution in [0.1, 0.15) is 30.2 Å². The first-order valence-electron chi connectivity index (χ1n) is 8.68. The minimum absolute atomic E-state index is 0.110. The van der Waals surface area contributed by atoms with Crippen LogP contribution in [0.3, 0.4) is 0 Å². The lowest BCUT2D eigenvalue weighted by Gasteiger charge is -2.31. The lowest BCUT2D eigenvalue weighted by atomic mass is 10.00. The molecule has 1 saturated heterocycles. The largest absolute Gasteiger partial charge is 0.479 e. The quantitative estimate of drug-likeness (QED) is 0.844. The summed E-state index contributed by atoms with van der Waals surface area (Å²) in [5.41, 5.74) is 3.95. The maximum Gasteiger partial charge on any atom is 0.242 e. The number of nitrogens with zero attached hydrogens (tertiary/aromatic N) is 4. The average molecular weight is 346 g/mol. The van der Waals surface area contributed by atoms with E-state index in [0.29, 0.717) is 38.4 Å². The second-order valence-electron chi connectivity index (χ2n) is 6.65. The molecule has 0 saturated carbocycles. The van der Waals surface area contributed by atoms with Crippen molar-refractivity contribution in [1.29, 1.82) is 0 Å². The Labute approximate surface area is 147 Å². The van der Waals surface area contributed by atoms with Crippen LogP contribution < -0.4 is 4.74 Å². The molecule has 1 aliphatic rings. The van der Waals surface area contributed by atoms with Gasteiger partial charge >= 0.3 is 0 Å². The van der Waals surface area contributed by atoms with Crippen molar-refractivity contribution in [2.75, 3.05) is 26.8 Å². The number of hydrogen-bond acceptors (Lipinski definition) is 5. The highest BCUT2D eigenvalue weighted by Gasteiger charge is 2.23. The molecule has 136 valence electrons. The Morgan fingerprint density at radius 2 is 2.16 bits per heavy atom. The van der Waals surface area contributed by atoms with Crippen LogP contribution >= 0.6 is 0 Å². The Balaban J connectivity index is 1.82. The zero-order valence-corrected chi connectivity index (χ0v) is 15.6. The first-order chi connectivity index (χ1) is 11.9. The Morgan fingerprint density at radius 1 is 1.40 bits per heavy atom. The Morgan fingerprint density at radius 3 is 2.84 bits per heavy atom. The van der Waals surface area contributed by atoms with Gasteiger partial charge in [-0.2, -0.15) is 0 Å². The molecule has 1 aliphatic heterocycles. The molecule has 25 heavy (non-hydrogen) atoms. The topological polar surface area (TPSA) is 69.5 Å². The van der Waals surface area contributed by atoms with E-state index < -0.39 is 0 Å². The molecular weight excluding hydrogens is 320 g/mol. The number of amides is 1. The number of hydrogen-bond donors (Lipinski definition) is 0. The van der Waals surface area contributed by atoms with Gasteiger partial charge in [0.15, 0.2) is 5.65 Å². The van der Waals surface area contributed by atoms with E-state index in [9.17, 15) is 4.79 Å². The Bertz CT molecular complexity index is 799. The van der Waals surface area contributed by atoms with E-state index in [1.807, 2.05) is 25.8 Å². The molecule has 1 fully saturated rings. The van der Waals surface area contributed by atoms with Crippen LogP contribution in [0, 0.1) is 13.8 Å². The molecule has 1 unspecified atom stereocenters. The van der Waals surface area contributed by atoms with Gasteiger partial charge < -0.3 is 14.4 Å². The fourth-order valence-electron chi connectivity index (χ4n) is 3.54. The van der Waals surface area contributed by atoms with Gasteiger partial charge in [-0.3, -0.25) is 4.79 Å². The highest BCUT2D eigenvalue weighted by molar-refractivity contribution is 5.86. The van der Waals surface area contributed by atoms with E-state index in [2.05, 4.69) is 17.0 Å². The van der Waals surface area contributed by atoms with E-state index in [4.69, 9.17) is 9.47 Å². The molecule has 2 aromatic rings. The van der Waals surface area contributed by atoms with E-state index in [1.54, 1.807) is 11.8 Å². The molecule has 3 heterocycles. The van der Waals surface area contributed by atoms with Gasteiger partial charge in [0.1, 0.15) is 0 Å². The monoisotopic (exact) mass is 346 g/mol. The van der Waals surface area contributed by atoms with Gasteiger partial charge in [-0.25, -0.2) is 9.67 Å². The van der Waals surface area contributed by atoms with Crippen molar-refractivity contribution < 1.29 is 14.3 Å². The van der Waals surface area contributed by atoms with Crippen molar-refractivity contribution in [1.82, 2.24) is 19.7 Å². The van der Waals surface area contributed by atoms with Crippen molar-refractivity contribution in [2.45, 2.75) is 39.7 Å². The number of aromatic nitrogens is 3. The predicted molar refractivity (Wildman–Crippen MR) is 94.9 cm³/mol. The van der Waals surface area contributed by atoms with Crippen molar-refractivity contribution in [2.24, 2.45) is 7.05 Å². The molecule has 0 radical (unpaired) electrons. The number of carbonyl (C=O) groups is 1. The fourth-order valence-corrected chi connectivity index (χ4v) is 3.54. The number of pyridine rings is 1. The zero-order valence-electron chi connectivity index (χ0n) is 15.6. The van der Waals surface area contributed by atoms with Gasteiger partial charge in [0, 0.05) is 32.3 Å². The van der Waals surface area contributed by atoms with Crippen LogP contribution in [0.2, 0.25) is 0 Å². The van der Waals surface area contributed by atoms with Gasteiger partial charge in [-0.15, -0.1) is 5.10 Å². The average Bonchev–Trinajstić information content (AvgIpc) is 2.90. The van der Waals surface area contributed by atoms with Gasteiger partial charge in [-0.05, 0) is 38.3 Å². The molecule has 0 aliphatic carbocycles.